The van der Waals surface area contributed by atoms with Crippen molar-refractivity contribution in [2.75, 3.05) is 31.3 Å². The Bertz CT molecular complexity index is 600. The molecule has 0 spiro atoms. The molecule has 1 aromatic heterocycles. The lowest BCUT2D eigenvalue weighted by Crippen LogP contribution is -2.09. The molecule has 0 saturated heterocycles. The molecule has 112 valence electrons. The van der Waals surface area contributed by atoms with E-state index < -0.39 is 0 Å². The zero-order valence-corrected chi connectivity index (χ0v) is 12.7. The molecular formula is C16H21N3O2. The molecule has 2 aromatic rings. The van der Waals surface area contributed by atoms with Gasteiger partial charge in [0.1, 0.15) is 0 Å². The van der Waals surface area contributed by atoms with Crippen LogP contribution in [0.25, 0.3) is 0 Å². The summed E-state index contributed by atoms with van der Waals surface area (Å²) in [5, 5.41) is 0. The number of hydrogen-bond acceptors (Lipinski definition) is 5. The third-order valence-corrected chi connectivity index (χ3v) is 2.92. The van der Waals surface area contributed by atoms with Crippen LogP contribution in [0, 0.1) is 0 Å². The summed E-state index contributed by atoms with van der Waals surface area (Å²) in [6.45, 7) is 2.67. The molecule has 0 amide bonds. The van der Waals surface area contributed by atoms with E-state index >= 15 is 0 Å². The lowest BCUT2D eigenvalue weighted by atomic mass is 10.2. The van der Waals surface area contributed by atoms with Crippen LogP contribution in [-0.4, -0.2) is 25.7 Å². The van der Waals surface area contributed by atoms with Crippen molar-refractivity contribution < 1.29 is 9.47 Å². The molecule has 0 radical (unpaired) electrons. The highest BCUT2D eigenvalue weighted by molar-refractivity contribution is 5.63. The fraction of sp³-hybridized carbons (Fsp3) is 0.312. The van der Waals surface area contributed by atoms with E-state index in [0.29, 0.717) is 29.7 Å². The highest BCUT2D eigenvalue weighted by atomic mass is 16.5. The van der Waals surface area contributed by atoms with E-state index in [0.717, 1.165) is 12.1 Å². The predicted molar refractivity (Wildman–Crippen MR) is 85.3 cm³/mol. The number of nitrogen functional groups attached to an aromatic ring is 1. The molecule has 0 atom stereocenters. The number of anilines is 2. The Morgan fingerprint density at radius 2 is 2.00 bits per heavy atom. The summed E-state index contributed by atoms with van der Waals surface area (Å²) in [7, 11) is 3.93. The van der Waals surface area contributed by atoms with Gasteiger partial charge in [-0.1, -0.05) is 6.92 Å². The van der Waals surface area contributed by atoms with E-state index in [1.807, 2.05) is 49.3 Å². The van der Waals surface area contributed by atoms with Crippen LogP contribution in [0.3, 0.4) is 0 Å². The standard InChI is InChI=1S/C16H21N3O2/c1-4-10-20-14-6-5-9-18-16(14)21-15-11-12(19(2)3)7-8-13(15)17/h5-9,11H,4,10,17H2,1-3H3. The van der Waals surface area contributed by atoms with Gasteiger partial charge in [-0.2, -0.15) is 0 Å². The lowest BCUT2D eigenvalue weighted by Gasteiger charge is -2.16. The topological polar surface area (TPSA) is 60.6 Å². The quantitative estimate of drug-likeness (QED) is 0.826. The molecule has 5 nitrogen and oxygen atoms in total. The summed E-state index contributed by atoms with van der Waals surface area (Å²) in [5.41, 5.74) is 7.54. The van der Waals surface area contributed by atoms with E-state index in [9.17, 15) is 0 Å². The molecule has 0 bridgehead atoms. The first-order chi connectivity index (χ1) is 10.1. The van der Waals surface area contributed by atoms with Crippen molar-refractivity contribution in [3.63, 3.8) is 0 Å². The fourth-order valence-corrected chi connectivity index (χ4v) is 1.77. The van der Waals surface area contributed by atoms with Crippen LogP contribution in [0.1, 0.15) is 13.3 Å². The minimum atomic E-state index is 0.425. The molecule has 0 aliphatic carbocycles. The second-order valence-corrected chi connectivity index (χ2v) is 4.87. The van der Waals surface area contributed by atoms with Gasteiger partial charge in [0.25, 0.3) is 5.88 Å². The molecule has 1 aromatic carbocycles. The number of ether oxygens (including phenoxy) is 2. The van der Waals surface area contributed by atoms with Crippen LogP contribution in [0.5, 0.6) is 17.4 Å². The first-order valence-electron chi connectivity index (χ1n) is 6.94. The molecule has 2 rings (SSSR count). The Hall–Kier alpha value is -2.43. The Labute approximate surface area is 125 Å². The normalized spacial score (nSPS) is 10.2. The van der Waals surface area contributed by atoms with Crippen molar-refractivity contribution in [2.45, 2.75) is 13.3 Å². The van der Waals surface area contributed by atoms with Gasteiger partial charge in [0.15, 0.2) is 11.5 Å². The fourth-order valence-electron chi connectivity index (χ4n) is 1.77. The lowest BCUT2D eigenvalue weighted by molar-refractivity contribution is 0.298. The molecule has 5 heteroatoms. The Morgan fingerprint density at radius 3 is 2.71 bits per heavy atom. The SMILES string of the molecule is CCCOc1cccnc1Oc1cc(N(C)C)ccc1N. The first-order valence-corrected chi connectivity index (χ1v) is 6.94. The highest BCUT2D eigenvalue weighted by Crippen LogP contribution is 2.34. The minimum absolute atomic E-state index is 0.425. The van der Waals surface area contributed by atoms with Gasteiger partial charge < -0.3 is 20.1 Å². The maximum atomic E-state index is 5.98. The van der Waals surface area contributed by atoms with Crippen LogP contribution in [0.15, 0.2) is 36.5 Å². The van der Waals surface area contributed by atoms with Crippen molar-refractivity contribution in [2.24, 2.45) is 0 Å². The van der Waals surface area contributed by atoms with Gasteiger partial charge in [-0.25, -0.2) is 4.98 Å². The predicted octanol–water partition coefficient (Wildman–Crippen LogP) is 3.31. The van der Waals surface area contributed by atoms with E-state index in [2.05, 4.69) is 11.9 Å². The van der Waals surface area contributed by atoms with Crippen molar-refractivity contribution in [1.82, 2.24) is 4.98 Å². The molecule has 1 heterocycles. The molecule has 2 N–H and O–H groups in total. The largest absolute Gasteiger partial charge is 0.488 e. The monoisotopic (exact) mass is 287 g/mol. The van der Waals surface area contributed by atoms with E-state index in [1.165, 1.54) is 0 Å². The number of aromatic nitrogens is 1. The number of nitrogens with two attached hydrogens (primary N) is 1. The van der Waals surface area contributed by atoms with Crippen molar-refractivity contribution in [3.8, 4) is 17.4 Å². The number of rotatable bonds is 6. The molecule has 21 heavy (non-hydrogen) atoms. The van der Waals surface area contributed by atoms with E-state index in [4.69, 9.17) is 15.2 Å². The second kappa shape index (κ2) is 6.83. The number of hydrogen-bond donors (Lipinski definition) is 1. The third kappa shape index (κ3) is 3.78. The van der Waals surface area contributed by atoms with Crippen LogP contribution < -0.4 is 20.1 Å². The van der Waals surface area contributed by atoms with Gasteiger partial charge >= 0.3 is 0 Å². The average Bonchev–Trinajstić information content (AvgIpc) is 2.48. The van der Waals surface area contributed by atoms with Crippen LogP contribution in [-0.2, 0) is 0 Å². The Morgan fingerprint density at radius 1 is 1.19 bits per heavy atom. The van der Waals surface area contributed by atoms with Gasteiger partial charge in [0.05, 0.1) is 12.3 Å². The smallest absolute Gasteiger partial charge is 0.262 e. The Balaban J connectivity index is 2.27. The van der Waals surface area contributed by atoms with Crippen LogP contribution >= 0.6 is 0 Å². The van der Waals surface area contributed by atoms with Crippen molar-refractivity contribution in [3.05, 3.63) is 36.5 Å². The summed E-state index contributed by atoms with van der Waals surface area (Å²) < 4.78 is 11.5. The van der Waals surface area contributed by atoms with Crippen molar-refractivity contribution in [1.29, 1.82) is 0 Å². The first kappa shape index (κ1) is 15.0. The average molecular weight is 287 g/mol. The van der Waals surface area contributed by atoms with Gasteiger partial charge in [0, 0.05) is 32.0 Å². The van der Waals surface area contributed by atoms with E-state index in [-0.39, 0.29) is 0 Å². The van der Waals surface area contributed by atoms with E-state index in [1.54, 1.807) is 6.20 Å². The van der Waals surface area contributed by atoms with Gasteiger partial charge in [0.2, 0.25) is 0 Å². The van der Waals surface area contributed by atoms with Crippen molar-refractivity contribution >= 4 is 11.4 Å². The zero-order valence-electron chi connectivity index (χ0n) is 12.7. The minimum Gasteiger partial charge on any atom is -0.488 e. The molecule has 0 unspecified atom stereocenters. The third-order valence-electron chi connectivity index (χ3n) is 2.92. The molecule has 0 saturated carbocycles. The maximum absolute atomic E-state index is 5.98. The molecule has 0 fully saturated rings. The number of nitrogens with zero attached hydrogens (tertiary/aromatic N) is 2. The summed E-state index contributed by atoms with van der Waals surface area (Å²) in [4.78, 5) is 6.21. The van der Waals surface area contributed by atoms with Crippen LogP contribution in [0.4, 0.5) is 11.4 Å². The second-order valence-electron chi connectivity index (χ2n) is 4.87. The summed E-state index contributed by atoms with van der Waals surface area (Å²) >= 11 is 0. The van der Waals surface area contributed by atoms with Gasteiger partial charge in [-0.15, -0.1) is 0 Å². The molecule has 0 aliphatic rings. The Kier molecular flexibility index (Phi) is 4.87. The molecular weight excluding hydrogens is 266 g/mol. The van der Waals surface area contributed by atoms with Crippen LogP contribution in [0.2, 0.25) is 0 Å². The maximum Gasteiger partial charge on any atom is 0.262 e. The van der Waals surface area contributed by atoms with Gasteiger partial charge in [-0.3, -0.25) is 0 Å². The number of benzene rings is 1. The summed E-state index contributed by atoms with van der Waals surface area (Å²) in [5.74, 6) is 1.61. The van der Waals surface area contributed by atoms with Gasteiger partial charge in [-0.05, 0) is 30.7 Å². The number of pyridine rings is 1. The summed E-state index contributed by atoms with van der Waals surface area (Å²) in [6.07, 6.45) is 2.59. The summed E-state index contributed by atoms with van der Waals surface area (Å²) in [6, 6.07) is 9.30. The molecule has 0 aliphatic heterocycles. The highest BCUT2D eigenvalue weighted by Gasteiger charge is 2.10. The zero-order chi connectivity index (χ0) is 15.2.